The van der Waals surface area contributed by atoms with Crippen LogP contribution in [0.3, 0.4) is 0 Å². The number of nitrogens with zero attached hydrogens (tertiary/aromatic N) is 4. The van der Waals surface area contributed by atoms with E-state index < -0.39 is 0 Å². The maximum atomic E-state index is 4.85. The van der Waals surface area contributed by atoms with Crippen LogP contribution in [0.15, 0.2) is 146 Å². The van der Waals surface area contributed by atoms with E-state index in [0.717, 1.165) is 33.4 Å². The maximum absolute atomic E-state index is 4.85. The molecule has 4 heteroatoms. The maximum Gasteiger partial charge on any atom is 0.164 e. The first-order valence-electron chi connectivity index (χ1n) is 13.2. The highest BCUT2D eigenvalue weighted by Gasteiger charge is 2.12. The molecule has 7 aromatic rings. The van der Waals surface area contributed by atoms with Gasteiger partial charge in [-0.3, -0.25) is 4.98 Å². The lowest BCUT2D eigenvalue weighted by Gasteiger charge is -2.10. The van der Waals surface area contributed by atoms with Crippen LogP contribution in [-0.2, 0) is 0 Å². The molecule has 0 unspecified atom stereocenters. The lowest BCUT2D eigenvalue weighted by molar-refractivity contribution is 1.07. The van der Waals surface area contributed by atoms with Gasteiger partial charge in [0.15, 0.2) is 17.5 Å². The Morgan fingerprint density at radius 2 is 0.700 bits per heavy atom. The van der Waals surface area contributed by atoms with Crippen molar-refractivity contribution in [2.45, 2.75) is 0 Å². The van der Waals surface area contributed by atoms with E-state index in [-0.39, 0.29) is 0 Å². The van der Waals surface area contributed by atoms with Crippen molar-refractivity contribution < 1.29 is 0 Å². The van der Waals surface area contributed by atoms with Crippen molar-refractivity contribution in [3.8, 4) is 56.4 Å². The average Bonchev–Trinajstić information content (AvgIpc) is 3.05. The molecular formula is C36H24N4. The fourth-order valence-electron chi connectivity index (χ4n) is 4.90. The van der Waals surface area contributed by atoms with E-state index >= 15 is 0 Å². The molecule has 4 nitrogen and oxygen atoms in total. The molecule has 5 aromatic carbocycles. The van der Waals surface area contributed by atoms with Crippen molar-refractivity contribution in [3.05, 3.63) is 146 Å². The number of pyridine rings is 1. The third-order valence-corrected chi connectivity index (χ3v) is 7.03. The van der Waals surface area contributed by atoms with E-state index in [2.05, 4.69) is 65.6 Å². The molecule has 0 radical (unpaired) electrons. The standard InChI is InChI=1S/C36H24N4/c1-3-7-28(8-4-1)34-38-35(29-9-5-2-6-10-29)40-36(39-34)30-15-11-25(12-16-30)31-17-13-26-14-18-32(24-33(26)23-31)27-19-21-37-22-20-27/h1-24H. The molecule has 0 saturated carbocycles. The Morgan fingerprint density at radius 3 is 1.20 bits per heavy atom. The average molecular weight is 513 g/mol. The summed E-state index contributed by atoms with van der Waals surface area (Å²) >= 11 is 0. The third kappa shape index (κ3) is 4.74. The first-order valence-corrected chi connectivity index (χ1v) is 13.2. The summed E-state index contributed by atoms with van der Waals surface area (Å²) in [7, 11) is 0. The minimum absolute atomic E-state index is 0.653. The summed E-state index contributed by atoms with van der Waals surface area (Å²) in [5, 5.41) is 2.42. The van der Waals surface area contributed by atoms with Gasteiger partial charge in [0.1, 0.15) is 0 Å². The molecular weight excluding hydrogens is 488 g/mol. The van der Waals surface area contributed by atoms with Crippen molar-refractivity contribution in [3.63, 3.8) is 0 Å². The van der Waals surface area contributed by atoms with E-state index in [1.165, 1.54) is 16.3 Å². The van der Waals surface area contributed by atoms with Crippen molar-refractivity contribution in [2.75, 3.05) is 0 Å². The minimum atomic E-state index is 0.653. The predicted octanol–water partition coefficient (Wildman–Crippen LogP) is 8.75. The van der Waals surface area contributed by atoms with Crippen LogP contribution in [-0.4, -0.2) is 19.9 Å². The van der Waals surface area contributed by atoms with Crippen LogP contribution in [0, 0.1) is 0 Å². The molecule has 0 saturated heterocycles. The van der Waals surface area contributed by atoms with Crippen molar-refractivity contribution in [2.24, 2.45) is 0 Å². The normalized spacial score (nSPS) is 11.0. The van der Waals surface area contributed by atoms with Crippen molar-refractivity contribution >= 4 is 10.8 Å². The van der Waals surface area contributed by atoms with Gasteiger partial charge in [0.05, 0.1) is 0 Å². The second kappa shape index (κ2) is 10.4. The van der Waals surface area contributed by atoms with Gasteiger partial charge >= 0.3 is 0 Å². The van der Waals surface area contributed by atoms with Crippen LogP contribution in [0.1, 0.15) is 0 Å². The topological polar surface area (TPSA) is 51.6 Å². The SMILES string of the molecule is c1ccc(-c2nc(-c3ccccc3)nc(-c3ccc(-c4ccc5ccc(-c6ccncc6)cc5c4)cc3)n2)cc1. The van der Waals surface area contributed by atoms with Gasteiger partial charge in [-0.15, -0.1) is 0 Å². The second-order valence-electron chi connectivity index (χ2n) is 9.63. The van der Waals surface area contributed by atoms with E-state index in [9.17, 15) is 0 Å². The first kappa shape index (κ1) is 23.6. The molecule has 40 heavy (non-hydrogen) atoms. The fourth-order valence-corrected chi connectivity index (χ4v) is 4.90. The van der Waals surface area contributed by atoms with Crippen LogP contribution in [0.5, 0.6) is 0 Å². The zero-order chi connectivity index (χ0) is 26.7. The van der Waals surface area contributed by atoms with Gasteiger partial charge < -0.3 is 0 Å². The Balaban J connectivity index is 1.26. The summed E-state index contributed by atoms with van der Waals surface area (Å²) in [6.07, 6.45) is 3.66. The van der Waals surface area contributed by atoms with Gasteiger partial charge in [-0.05, 0) is 57.3 Å². The van der Waals surface area contributed by atoms with Gasteiger partial charge in [-0.1, -0.05) is 109 Å². The summed E-state index contributed by atoms with van der Waals surface area (Å²) < 4.78 is 0. The van der Waals surface area contributed by atoms with E-state index in [1.807, 2.05) is 85.2 Å². The van der Waals surface area contributed by atoms with Gasteiger partial charge in [-0.2, -0.15) is 0 Å². The number of aromatic nitrogens is 4. The zero-order valence-electron chi connectivity index (χ0n) is 21.6. The molecule has 0 amide bonds. The summed E-state index contributed by atoms with van der Waals surface area (Å²) in [6, 6.07) is 45.8. The molecule has 0 aliphatic rings. The van der Waals surface area contributed by atoms with Gasteiger partial charge in [0.25, 0.3) is 0 Å². The summed E-state index contributed by atoms with van der Waals surface area (Å²) in [6.45, 7) is 0. The highest BCUT2D eigenvalue weighted by atomic mass is 15.0. The molecule has 2 aromatic heterocycles. The minimum Gasteiger partial charge on any atom is -0.265 e. The summed E-state index contributed by atoms with van der Waals surface area (Å²) in [5.74, 6) is 1.97. The lowest BCUT2D eigenvalue weighted by atomic mass is 9.97. The highest BCUT2D eigenvalue weighted by Crippen LogP contribution is 2.30. The summed E-state index contributed by atoms with van der Waals surface area (Å²) in [5.41, 5.74) is 7.51. The molecule has 0 aliphatic carbocycles. The van der Waals surface area contributed by atoms with E-state index in [0.29, 0.717) is 17.5 Å². The van der Waals surface area contributed by atoms with Gasteiger partial charge in [0, 0.05) is 29.1 Å². The zero-order valence-corrected chi connectivity index (χ0v) is 21.6. The number of rotatable bonds is 5. The monoisotopic (exact) mass is 512 g/mol. The van der Waals surface area contributed by atoms with Crippen molar-refractivity contribution in [1.29, 1.82) is 0 Å². The molecule has 0 bridgehead atoms. The Morgan fingerprint density at radius 1 is 0.300 bits per heavy atom. The fraction of sp³-hybridized carbons (Fsp3) is 0. The van der Waals surface area contributed by atoms with Crippen LogP contribution in [0.25, 0.3) is 67.2 Å². The number of benzene rings is 5. The Bertz CT molecular complexity index is 1860. The third-order valence-electron chi connectivity index (χ3n) is 7.03. The van der Waals surface area contributed by atoms with Crippen LogP contribution >= 0.6 is 0 Å². The first-order chi connectivity index (χ1) is 19.8. The van der Waals surface area contributed by atoms with Crippen LogP contribution in [0.4, 0.5) is 0 Å². The molecule has 7 rings (SSSR count). The molecule has 2 heterocycles. The Labute approximate surface area is 232 Å². The molecule has 0 spiro atoms. The van der Waals surface area contributed by atoms with Gasteiger partial charge in [0.2, 0.25) is 0 Å². The lowest BCUT2D eigenvalue weighted by Crippen LogP contribution is -2.00. The number of hydrogen-bond acceptors (Lipinski definition) is 4. The Kier molecular flexibility index (Phi) is 6.11. The Hall–Kier alpha value is -5.48. The van der Waals surface area contributed by atoms with Gasteiger partial charge in [-0.25, -0.2) is 15.0 Å². The van der Waals surface area contributed by atoms with E-state index in [1.54, 1.807) is 0 Å². The smallest absolute Gasteiger partial charge is 0.164 e. The van der Waals surface area contributed by atoms with Crippen LogP contribution in [0.2, 0.25) is 0 Å². The molecule has 0 aliphatic heterocycles. The molecule has 0 atom stereocenters. The van der Waals surface area contributed by atoms with Crippen LogP contribution < -0.4 is 0 Å². The molecule has 188 valence electrons. The largest absolute Gasteiger partial charge is 0.265 e. The number of fused-ring (bicyclic) bond motifs is 1. The van der Waals surface area contributed by atoms with Crippen molar-refractivity contribution in [1.82, 2.24) is 19.9 Å². The van der Waals surface area contributed by atoms with E-state index in [4.69, 9.17) is 15.0 Å². The number of hydrogen-bond donors (Lipinski definition) is 0. The highest BCUT2D eigenvalue weighted by molar-refractivity contribution is 5.91. The second-order valence-corrected chi connectivity index (χ2v) is 9.63. The predicted molar refractivity (Wildman–Crippen MR) is 162 cm³/mol. The summed E-state index contributed by atoms with van der Waals surface area (Å²) in [4.78, 5) is 18.6. The molecule has 0 fully saturated rings. The quantitative estimate of drug-likeness (QED) is 0.231. The molecule has 0 N–H and O–H groups in total.